The number of hydrogen-bond acceptors (Lipinski definition) is 4. The Morgan fingerprint density at radius 2 is 2.12 bits per heavy atom. The van der Waals surface area contributed by atoms with Gasteiger partial charge in [-0.05, 0) is 24.6 Å². The minimum absolute atomic E-state index is 0.0500. The lowest BCUT2D eigenvalue weighted by atomic mass is 10.1. The number of hydrogen-bond donors (Lipinski definition) is 0. The summed E-state index contributed by atoms with van der Waals surface area (Å²) in [7, 11) is -3.46. The number of fused-ring (bicyclic) bond motifs is 1. The van der Waals surface area contributed by atoms with Gasteiger partial charge in [0.25, 0.3) is 10.1 Å². The molecule has 4 nitrogen and oxygen atoms in total. The fraction of sp³-hybridized carbons (Fsp3) is 0.273. The second kappa shape index (κ2) is 4.33. The Morgan fingerprint density at radius 1 is 1.41 bits per heavy atom. The minimum Gasteiger partial charge on any atom is -0.464 e. The highest BCUT2D eigenvalue weighted by Gasteiger charge is 2.11. The molecule has 0 aliphatic heterocycles. The number of furan rings is 1. The molecule has 1 aromatic carbocycles. The largest absolute Gasteiger partial charge is 0.464 e. The number of rotatable bonds is 3. The summed E-state index contributed by atoms with van der Waals surface area (Å²) in [5.41, 5.74) is 2.26. The first-order chi connectivity index (χ1) is 7.87. The Hall–Kier alpha value is -1.04. The normalized spacial score (nSPS) is 12.2. The Kier molecular flexibility index (Phi) is 3.16. The maximum absolute atomic E-state index is 10.9. The third kappa shape index (κ3) is 2.80. The Labute approximate surface area is 104 Å². The van der Waals surface area contributed by atoms with Crippen molar-refractivity contribution in [2.45, 2.75) is 13.5 Å². The standard InChI is InChI=1S/C11H11ClO4S/c1-7-3-9(12)4-10-8(5-15-11(7)10)6-16-17(2,13)14/h3-5H,6H2,1-2H3. The fourth-order valence-electron chi connectivity index (χ4n) is 1.60. The van der Waals surface area contributed by atoms with Crippen molar-refractivity contribution in [3.05, 3.63) is 34.5 Å². The average Bonchev–Trinajstić information content (AvgIpc) is 2.57. The Morgan fingerprint density at radius 3 is 2.76 bits per heavy atom. The van der Waals surface area contributed by atoms with E-state index in [4.69, 9.17) is 20.2 Å². The molecule has 0 aliphatic carbocycles. The van der Waals surface area contributed by atoms with E-state index in [-0.39, 0.29) is 6.61 Å². The summed E-state index contributed by atoms with van der Waals surface area (Å²) in [6.45, 7) is 1.82. The monoisotopic (exact) mass is 274 g/mol. The SMILES string of the molecule is Cc1cc(Cl)cc2c(COS(C)(=O)=O)coc12. The molecule has 0 amide bonds. The van der Waals surface area contributed by atoms with E-state index < -0.39 is 10.1 Å². The molecule has 17 heavy (non-hydrogen) atoms. The van der Waals surface area contributed by atoms with Crippen molar-refractivity contribution in [1.82, 2.24) is 0 Å². The van der Waals surface area contributed by atoms with Crippen LogP contribution in [-0.2, 0) is 20.9 Å². The molecule has 0 aliphatic rings. The summed E-state index contributed by atoms with van der Waals surface area (Å²) in [6, 6.07) is 3.52. The quantitative estimate of drug-likeness (QED) is 0.808. The average molecular weight is 275 g/mol. The van der Waals surface area contributed by atoms with Crippen LogP contribution in [0.25, 0.3) is 11.0 Å². The molecule has 1 heterocycles. The van der Waals surface area contributed by atoms with Crippen LogP contribution < -0.4 is 0 Å². The molecule has 0 saturated heterocycles. The van der Waals surface area contributed by atoms with Gasteiger partial charge in [0.2, 0.25) is 0 Å². The van der Waals surface area contributed by atoms with Crippen LogP contribution in [0.4, 0.5) is 0 Å². The van der Waals surface area contributed by atoms with Crippen LogP contribution in [0.15, 0.2) is 22.8 Å². The lowest BCUT2D eigenvalue weighted by molar-refractivity contribution is 0.311. The van der Waals surface area contributed by atoms with Crippen molar-refractivity contribution in [1.29, 1.82) is 0 Å². The van der Waals surface area contributed by atoms with Crippen LogP contribution in [-0.4, -0.2) is 14.7 Å². The lowest BCUT2D eigenvalue weighted by Crippen LogP contribution is -2.02. The van der Waals surface area contributed by atoms with E-state index in [2.05, 4.69) is 0 Å². The van der Waals surface area contributed by atoms with E-state index in [0.717, 1.165) is 17.2 Å². The van der Waals surface area contributed by atoms with Crippen molar-refractivity contribution >= 4 is 32.7 Å². The summed E-state index contributed by atoms with van der Waals surface area (Å²) in [6.07, 6.45) is 2.49. The zero-order valence-electron chi connectivity index (χ0n) is 9.36. The zero-order chi connectivity index (χ0) is 12.6. The van der Waals surface area contributed by atoms with E-state index >= 15 is 0 Å². The molecule has 2 aromatic rings. The summed E-state index contributed by atoms with van der Waals surface area (Å²) in [5.74, 6) is 0. The topological polar surface area (TPSA) is 56.5 Å². The molecule has 0 bridgehead atoms. The summed E-state index contributed by atoms with van der Waals surface area (Å²) < 4.78 is 31.9. The third-order valence-electron chi connectivity index (χ3n) is 2.33. The van der Waals surface area contributed by atoms with Crippen molar-refractivity contribution in [3.8, 4) is 0 Å². The van der Waals surface area contributed by atoms with Crippen molar-refractivity contribution < 1.29 is 17.0 Å². The van der Waals surface area contributed by atoms with Crippen LogP contribution >= 0.6 is 11.6 Å². The maximum Gasteiger partial charge on any atom is 0.264 e. The van der Waals surface area contributed by atoms with Crippen LogP contribution in [0.1, 0.15) is 11.1 Å². The molecule has 0 radical (unpaired) electrons. The molecule has 0 unspecified atom stereocenters. The fourth-order valence-corrected chi connectivity index (χ4v) is 2.21. The van der Waals surface area contributed by atoms with Crippen molar-refractivity contribution in [2.24, 2.45) is 0 Å². The van der Waals surface area contributed by atoms with Gasteiger partial charge in [-0.2, -0.15) is 8.42 Å². The van der Waals surface area contributed by atoms with E-state index in [1.165, 1.54) is 6.26 Å². The molecule has 0 fully saturated rings. The van der Waals surface area contributed by atoms with Gasteiger partial charge >= 0.3 is 0 Å². The third-order valence-corrected chi connectivity index (χ3v) is 3.10. The van der Waals surface area contributed by atoms with Gasteiger partial charge < -0.3 is 4.42 Å². The molecule has 92 valence electrons. The van der Waals surface area contributed by atoms with Crippen molar-refractivity contribution in [2.75, 3.05) is 6.26 Å². The molecule has 0 N–H and O–H groups in total. The van der Waals surface area contributed by atoms with Gasteiger partial charge in [0.15, 0.2) is 0 Å². The van der Waals surface area contributed by atoms with E-state index in [0.29, 0.717) is 16.2 Å². The van der Waals surface area contributed by atoms with E-state index in [9.17, 15) is 8.42 Å². The molecular weight excluding hydrogens is 264 g/mol. The van der Waals surface area contributed by atoms with Gasteiger partial charge in [-0.3, -0.25) is 4.18 Å². The molecular formula is C11H11ClO4S. The molecule has 0 spiro atoms. The van der Waals surface area contributed by atoms with Gasteiger partial charge in [0.1, 0.15) is 5.58 Å². The molecule has 0 saturated carbocycles. The Balaban J connectivity index is 2.42. The van der Waals surface area contributed by atoms with Crippen LogP contribution in [0.2, 0.25) is 5.02 Å². The number of aryl methyl sites for hydroxylation is 1. The second-order valence-electron chi connectivity index (χ2n) is 3.83. The Bertz CT molecular complexity index is 657. The smallest absolute Gasteiger partial charge is 0.264 e. The highest BCUT2D eigenvalue weighted by atomic mass is 35.5. The zero-order valence-corrected chi connectivity index (χ0v) is 10.9. The minimum atomic E-state index is -3.46. The molecule has 6 heteroatoms. The number of benzene rings is 1. The van der Waals surface area contributed by atoms with Gasteiger partial charge in [0, 0.05) is 16.0 Å². The molecule has 0 atom stereocenters. The van der Waals surface area contributed by atoms with Crippen LogP contribution in [0, 0.1) is 6.92 Å². The summed E-state index contributed by atoms with van der Waals surface area (Å²) in [4.78, 5) is 0. The molecule has 1 aromatic heterocycles. The van der Waals surface area contributed by atoms with Crippen LogP contribution in [0.5, 0.6) is 0 Å². The first-order valence-corrected chi connectivity index (χ1v) is 7.07. The maximum atomic E-state index is 10.9. The van der Waals surface area contributed by atoms with E-state index in [1.807, 2.05) is 6.92 Å². The second-order valence-corrected chi connectivity index (χ2v) is 5.91. The predicted molar refractivity (Wildman–Crippen MR) is 65.6 cm³/mol. The summed E-state index contributed by atoms with van der Waals surface area (Å²) in [5, 5.41) is 1.36. The summed E-state index contributed by atoms with van der Waals surface area (Å²) >= 11 is 5.94. The van der Waals surface area contributed by atoms with Crippen LogP contribution in [0.3, 0.4) is 0 Å². The van der Waals surface area contributed by atoms with Gasteiger partial charge in [-0.1, -0.05) is 11.6 Å². The highest BCUT2D eigenvalue weighted by Crippen LogP contribution is 2.28. The molecule has 2 rings (SSSR count). The van der Waals surface area contributed by atoms with Gasteiger partial charge in [0.05, 0.1) is 19.1 Å². The first-order valence-electron chi connectivity index (χ1n) is 4.87. The number of halogens is 1. The lowest BCUT2D eigenvalue weighted by Gasteiger charge is -2.00. The van der Waals surface area contributed by atoms with Crippen molar-refractivity contribution in [3.63, 3.8) is 0 Å². The van der Waals surface area contributed by atoms with E-state index in [1.54, 1.807) is 12.1 Å². The highest BCUT2D eigenvalue weighted by molar-refractivity contribution is 7.85. The van der Waals surface area contributed by atoms with Gasteiger partial charge in [-0.25, -0.2) is 0 Å². The van der Waals surface area contributed by atoms with Gasteiger partial charge in [-0.15, -0.1) is 0 Å². The predicted octanol–water partition coefficient (Wildman–Crippen LogP) is 2.87. The first kappa shape index (κ1) is 12.4.